The predicted octanol–water partition coefficient (Wildman–Crippen LogP) is 6.34. The van der Waals surface area contributed by atoms with E-state index in [4.69, 9.17) is 0 Å². The lowest BCUT2D eigenvalue weighted by Gasteiger charge is -2.07. The van der Waals surface area contributed by atoms with Crippen molar-refractivity contribution in [3.63, 3.8) is 0 Å². The van der Waals surface area contributed by atoms with Crippen molar-refractivity contribution >= 4 is 10.1 Å². The largest absolute Gasteiger partial charge is 0.294 e. The van der Waals surface area contributed by atoms with Crippen LogP contribution in [0.1, 0.15) is 82.6 Å². The summed E-state index contributed by atoms with van der Waals surface area (Å²) in [7, 11) is -4.11. The summed E-state index contributed by atoms with van der Waals surface area (Å²) in [6.45, 7) is 3.74. The Morgan fingerprint density at radius 3 is 1.80 bits per heavy atom. The molecule has 0 fully saturated rings. The molecule has 0 aliphatic heterocycles. The zero-order valence-corrected chi connectivity index (χ0v) is 16.3. The first-order valence-corrected chi connectivity index (χ1v) is 11.2. The summed E-state index contributed by atoms with van der Waals surface area (Å²) >= 11 is 0. The molecule has 0 atom stereocenters. The summed E-state index contributed by atoms with van der Waals surface area (Å²) in [4.78, 5) is 0.0584. The first kappa shape index (κ1) is 21.9. The van der Waals surface area contributed by atoms with Gasteiger partial charge in [-0.1, -0.05) is 82.1 Å². The van der Waals surface area contributed by atoms with Crippen LogP contribution in [0.25, 0.3) is 0 Å². The number of allylic oxidation sites excluding steroid dienone is 1. The Balaban J connectivity index is 2.02. The zero-order valence-electron chi connectivity index (χ0n) is 15.5. The third-order valence-corrected chi connectivity index (χ3v) is 5.56. The van der Waals surface area contributed by atoms with E-state index < -0.39 is 10.1 Å². The minimum Gasteiger partial charge on any atom is -0.282 e. The maximum absolute atomic E-state index is 11.3. The molecule has 0 aliphatic carbocycles. The maximum atomic E-state index is 11.3. The lowest BCUT2D eigenvalue weighted by atomic mass is 10.0. The van der Waals surface area contributed by atoms with Gasteiger partial charge in [-0.25, -0.2) is 0 Å². The Labute approximate surface area is 154 Å². The second-order valence-electron chi connectivity index (χ2n) is 6.80. The molecule has 0 aromatic heterocycles. The van der Waals surface area contributed by atoms with Gasteiger partial charge in [0, 0.05) is 0 Å². The summed E-state index contributed by atoms with van der Waals surface area (Å²) in [6, 6.07) is 6.73. The molecule has 0 unspecified atom stereocenters. The molecule has 1 aromatic carbocycles. The Kier molecular flexibility index (Phi) is 11.5. The third kappa shape index (κ3) is 10.5. The van der Waals surface area contributed by atoms with Crippen molar-refractivity contribution in [3.8, 4) is 0 Å². The van der Waals surface area contributed by atoms with Crippen LogP contribution < -0.4 is 0 Å². The molecule has 0 aliphatic rings. The van der Waals surface area contributed by atoms with E-state index in [1.807, 2.05) is 12.1 Å². The summed E-state index contributed by atoms with van der Waals surface area (Å²) in [5.41, 5.74) is 0.724. The van der Waals surface area contributed by atoms with Crippen LogP contribution in [0.2, 0.25) is 0 Å². The van der Waals surface area contributed by atoms with Gasteiger partial charge in [0.05, 0.1) is 4.90 Å². The Morgan fingerprint density at radius 1 is 0.800 bits per heavy atom. The molecular formula is C21H34O3S. The van der Waals surface area contributed by atoms with E-state index in [1.54, 1.807) is 12.1 Å². The number of hydrogen-bond donors (Lipinski definition) is 1. The van der Waals surface area contributed by atoms with Crippen molar-refractivity contribution in [1.82, 2.24) is 0 Å². The minimum absolute atomic E-state index is 0.0584. The van der Waals surface area contributed by atoms with E-state index in [-0.39, 0.29) is 4.90 Å². The van der Waals surface area contributed by atoms with Crippen molar-refractivity contribution in [2.24, 2.45) is 0 Å². The summed E-state index contributed by atoms with van der Waals surface area (Å²) < 4.78 is 31.9. The molecule has 0 saturated heterocycles. The number of unbranched alkanes of at least 4 members (excludes halogenated alkanes) is 11. The smallest absolute Gasteiger partial charge is 0.282 e. The Bertz CT molecular complexity index is 579. The Hall–Kier alpha value is -1.13. The van der Waals surface area contributed by atoms with Crippen LogP contribution in [0, 0.1) is 0 Å². The van der Waals surface area contributed by atoms with Crippen LogP contribution in [0.5, 0.6) is 0 Å². The van der Waals surface area contributed by atoms with E-state index in [2.05, 4.69) is 6.58 Å². The van der Waals surface area contributed by atoms with Gasteiger partial charge in [-0.3, -0.25) is 4.55 Å². The molecule has 0 bridgehead atoms. The summed E-state index contributed by atoms with van der Waals surface area (Å²) in [6.07, 6.45) is 17.7. The van der Waals surface area contributed by atoms with Crippen LogP contribution in [0.4, 0.5) is 0 Å². The number of benzene rings is 1. The molecule has 1 rings (SSSR count). The van der Waals surface area contributed by atoms with Crippen LogP contribution in [-0.4, -0.2) is 13.0 Å². The molecule has 1 N–H and O–H groups in total. The molecule has 142 valence electrons. The van der Waals surface area contributed by atoms with E-state index in [0.717, 1.165) is 24.8 Å². The van der Waals surface area contributed by atoms with Crippen LogP contribution in [0.15, 0.2) is 41.8 Å². The predicted molar refractivity (Wildman–Crippen MR) is 106 cm³/mol. The lowest BCUT2D eigenvalue weighted by Crippen LogP contribution is -2.03. The first-order chi connectivity index (χ1) is 12.1. The summed E-state index contributed by atoms with van der Waals surface area (Å²) in [5.74, 6) is 0. The van der Waals surface area contributed by atoms with Crippen LogP contribution in [-0.2, 0) is 16.5 Å². The standard InChI is InChI=1S/C21H34O3S/c1-2-3-4-5-6-7-8-9-10-11-12-13-14-17-20-18-15-16-19-21(20)25(22,23)24/h2,15-16,18-19H,1,3-14,17H2,(H,22,23,24). The molecular weight excluding hydrogens is 332 g/mol. The highest BCUT2D eigenvalue weighted by Crippen LogP contribution is 2.18. The topological polar surface area (TPSA) is 54.4 Å². The zero-order chi connectivity index (χ0) is 18.4. The molecule has 0 heterocycles. The van der Waals surface area contributed by atoms with Crippen molar-refractivity contribution in [2.75, 3.05) is 0 Å². The molecule has 4 heteroatoms. The Morgan fingerprint density at radius 2 is 1.28 bits per heavy atom. The van der Waals surface area contributed by atoms with Crippen LogP contribution in [0.3, 0.4) is 0 Å². The molecule has 1 aromatic rings. The molecule has 25 heavy (non-hydrogen) atoms. The van der Waals surface area contributed by atoms with Gasteiger partial charge in [0.2, 0.25) is 0 Å². The van der Waals surface area contributed by atoms with Gasteiger partial charge in [0.1, 0.15) is 0 Å². The number of rotatable bonds is 15. The number of hydrogen-bond acceptors (Lipinski definition) is 2. The minimum atomic E-state index is -4.11. The van der Waals surface area contributed by atoms with Gasteiger partial charge in [0.25, 0.3) is 10.1 Å². The fourth-order valence-electron chi connectivity index (χ4n) is 3.16. The van der Waals surface area contributed by atoms with Crippen molar-refractivity contribution in [3.05, 3.63) is 42.5 Å². The second-order valence-corrected chi connectivity index (χ2v) is 8.19. The van der Waals surface area contributed by atoms with Crippen molar-refractivity contribution in [2.45, 2.75) is 88.4 Å². The first-order valence-electron chi connectivity index (χ1n) is 9.72. The van der Waals surface area contributed by atoms with Gasteiger partial charge >= 0.3 is 0 Å². The maximum Gasteiger partial charge on any atom is 0.294 e. The highest BCUT2D eigenvalue weighted by molar-refractivity contribution is 7.85. The SMILES string of the molecule is C=CCCCCCCCCCCCCCc1ccccc1S(=O)(=O)O. The quantitative estimate of drug-likeness (QED) is 0.224. The average Bonchev–Trinajstić information content (AvgIpc) is 2.58. The van der Waals surface area contributed by atoms with Gasteiger partial charge in [-0.05, 0) is 37.3 Å². The van der Waals surface area contributed by atoms with Gasteiger partial charge in [-0.15, -0.1) is 6.58 Å². The molecule has 3 nitrogen and oxygen atoms in total. The van der Waals surface area contributed by atoms with Crippen molar-refractivity contribution < 1.29 is 13.0 Å². The highest BCUT2D eigenvalue weighted by Gasteiger charge is 2.13. The van der Waals surface area contributed by atoms with E-state index in [0.29, 0.717) is 6.42 Å². The fourth-order valence-corrected chi connectivity index (χ4v) is 3.91. The molecule has 0 spiro atoms. The monoisotopic (exact) mass is 366 g/mol. The summed E-state index contributed by atoms with van der Waals surface area (Å²) in [5, 5.41) is 0. The molecule has 0 amide bonds. The fraction of sp³-hybridized carbons (Fsp3) is 0.619. The number of aryl methyl sites for hydroxylation is 1. The van der Waals surface area contributed by atoms with Crippen LogP contribution >= 0.6 is 0 Å². The van der Waals surface area contributed by atoms with E-state index in [9.17, 15) is 13.0 Å². The van der Waals surface area contributed by atoms with E-state index in [1.165, 1.54) is 63.9 Å². The molecule has 0 radical (unpaired) electrons. The van der Waals surface area contributed by atoms with Gasteiger partial charge < -0.3 is 0 Å². The third-order valence-electron chi connectivity index (χ3n) is 4.60. The lowest BCUT2D eigenvalue weighted by molar-refractivity contribution is 0.481. The second kappa shape index (κ2) is 13.1. The van der Waals surface area contributed by atoms with Gasteiger partial charge in [-0.2, -0.15) is 8.42 Å². The normalized spacial score (nSPS) is 11.6. The van der Waals surface area contributed by atoms with E-state index >= 15 is 0 Å². The molecule has 0 saturated carbocycles. The average molecular weight is 367 g/mol. The van der Waals surface area contributed by atoms with Crippen molar-refractivity contribution in [1.29, 1.82) is 0 Å². The highest BCUT2D eigenvalue weighted by atomic mass is 32.2. The van der Waals surface area contributed by atoms with Gasteiger partial charge in [0.15, 0.2) is 0 Å².